The molecule has 0 spiro atoms. The van der Waals surface area contributed by atoms with Gasteiger partial charge in [-0.3, -0.25) is 4.79 Å². The molecule has 0 fully saturated rings. The molecule has 0 aliphatic rings. The van der Waals surface area contributed by atoms with Gasteiger partial charge in [0.2, 0.25) is 15.9 Å². The van der Waals surface area contributed by atoms with Crippen LogP contribution in [0.2, 0.25) is 0 Å². The standard InChI is InChI=1S/C17H20FN3O4S/c18-15-3-1-2-4-16(15)25-10-9-20-12-17(22)21-11-13-5-7-14(8-6-13)26(19,23)24/h1-8,20H,9-12H2,(H,21,22)(H2,19,23,24). The summed E-state index contributed by atoms with van der Waals surface area (Å²) in [6, 6.07) is 12.0. The molecule has 0 saturated carbocycles. The van der Waals surface area contributed by atoms with Crippen molar-refractivity contribution in [2.45, 2.75) is 11.4 Å². The molecule has 0 aliphatic heterocycles. The minimum absolute atomic E-state index is 0.0177. The van der Waals surface area contributed by atoms with Gasteiger partial charge in [0.1, 0.15) is 6.61 Å². The van der Waals surface area contributed by atoms with Crippen molar-refractivity contribution in [3.8, 4) is 5.75 Å². The lowest BCUT2D eigenvalue weighted by molar-refractivity contribution is -0.120. The van der Waals surface area contributed by atoms with Crippen molar-refractivity contribution >= 4 is 15.9 Å². The van der Waals surface area contributed by atoms with E-state index in [1.807, 2.05) is 0 Å². The lowest BCUT2D eigenvalue weighted by Gasteiger charge is -2.09. The van der Waals surface area contributed by atoms with Crippen LogP contribution in [0.4, 0.5) is 4.39 Å². The number of hydrogen-bond donors (Lipinski definition) is 3. The second-order valence-corrected chi connectivity index (χ2v) is 6.98. The monoisotopic (exact) mass is 381 g/mol. The molecule has 4 N–H and O–H groups in total. The molecule has 0 aliphatic carbocycles. The minimum Gasteiger partial charge on any atom is -0.489 e. The first kappa shape index (κ1) is 19.8. The Kier molecular flexibility index (Phi) is 7.07. The fourth-order valence-corrected chi connectivity index (χ4v) is 2.57. The van der Waals surface area contributed by atoms with Crippen LogP contribution in [-0.2, 0) is 21.4 Å². The number of para-hydroxylation sites is 1. The number of hydrogen-bond acceptors (Lipinski definition) is 5. The molecule has 2 aromatic rings. The molecule has 9 heteroatoms. The number of amides is 1. The molecule has 0 atom stereocenters. The van der Waals surface area contributed by atoms with Crippen LogP contribution in [0, 0.1) is 5.82 Å². The Hall–Kier alpha value is -2.49. The van der Waals surface area contributed by atoms with Gasteiger partial charge in [-0.15, -0.1) is 0 Å². The second-order valence-electron chi connectivity index (χ2n) is 5.42. The Morgan fingerprint density at radius 3 is 2.46 bits per heavy atom. The number of primary sulfonamides is 1. The Morgan fingerprint density at radius 2 is 1.81 bits per heavy atom. The van der Waals surface area contributed by atoms with E-state index >= 15 is 0 Å². The maximum atomic E-state index is 13.3. The summed E-state index contributed by atoms with van der Waals surface area (Å²) in [6.45, 7) is 0.946. The number of halogens is 1. The van der Waals surface area contributed by atoms with Crippen molar-refractivity contribution in [3.63, 3.8) is 0 Å². The summed E-state index contributed by atoms with van der Waals surface area (Å²) in [4.78, 5) is 11.8. The Bertz CT molecular complexity index is 841. The lowest BCUT2D eigenvalue weighted by atomic mass is 10.2. The third-order valence-electron chi connectivity index (χ3n) is 3.40. The van der Waals surface area contributed by atoms with Gasteiger partial charge in [0.25, 0.3) is 0 Å². The first-order valence-electron chi connectivity index (χ1n) is 7.83. The zero-order valence-electron chi connectivity index (χ0n) is 13.9. The number of carbonyl (C=O) groups excluding carboxylic acids is 1. The van der Waals surface area contributed by atoms with E-state index in [2.05, 4.69) is 10.6 Å². The maximum Gasteiger partial charge on any atom is 0.238 e. The van der Waals surface area contributed by atoms with Crippen LogP contribution in [0.1, 0.15) is 5.56 Å². The van der Waals surface area contributed by atoms with Gasteiger partial charge in [-0.25, -0.2) is 17.9 Å². The predicted octanol–water partition coefficient (Wildman–Crippen LogP) is 0.758. The summed E-state index contributed by atoms with van der Waals surface area (Å²) in [5.41, 5.74) is 0.744. The van der Waals surface area contributed by atoms with Crippen molar-refractivity contribution in [1.29, 1.82) is 0 Å². The van der Waals surface area contributed by atoms with Crippen LogP contribution in [0.5, 0.6) is 5.75 Å². The van der Waals surface area contributed by atoms with E-state index in [4.69, 9.17) is 9.88 Å². The predicted molar refractivity (Wildman–Crippen MR) is 94.4 cm³/mol. The number of rotatable bonds is 9. The topological polar surface area (TPSA) is 111 Å². The Balaban J connectivity index is 1.64. The number of nitrogens with two attached hydrogens (primary N) is 1. The molecule has 0 saturated heterocycles. The van der Waals surface area contributed by atoms with Gasteiger partial charge in [0.15, 0.2) is 11.6 Å². The van der Waals surface area contributed by atoms with Gasteiger partial charge in [-0.05, 0) is 29.8 Å². The first-order chi connectivity index (χ1) is 12.4. The van der Waals surface area contributed by atoms with Gasteiger partial charge in [-0.2, -0.15) is 0 Å². The van der Waals surface area contributed by atoms with Gasteiger partial charge in [0.05, 0.1) is 11.4 Å². The molecule has 1 amide bonds. The highest BCUT2D eigenvalue weighted by atomic mass is 32.2. The molecule has 0 aromatic heterocycles. The van der Waals surface area contributed by atoms with E-state index in [9.17, 15) is 17.6 Å². The molecule has 0 heterocycles. The zero-order valence-corrected chi connectivity index (χ0v) is 14.8. The third-order valence-corrected chi connectivity index (χ3v) is 4.33. The van der Waals surface area contributed by atoms with Crippen molar-refractivity contribution in [3.05, 3.63) is 59.9 Å². The lowest BCUT2D eigenvalue weighted by Crippen LogP contribution is -2.35. The molecule has 0 unspecified atom stereocenters. The number of carbonyl (C=O) groups is 1. The molecule has 140 valence electrons. The number of sulfonamides is 1. The first-order valence-corrected chi connectivity index (χ1v) is 9.37. The number of ether oxygens (including phenoxy) is 1. The van der Waals surface area contributed by atoms with Crippen LogP contribution in [-0.4, -0.2) is 34.0 Å². The summed E-state index contributed by atoms with van der Waals surface area (Å²) in [7, 11) is -3.72. The van der Waals surface area contributed by atoms with Crippen molar-refractivity contribution < 1.29 is 22.3 Å². The van der Waals surface area contributed by atoms with Crippen LogP contribution < -0.4 is 20.5 Å². The van der Waals surface area contributed by atoms with Crippen molar-refractivity contribution in [1.82, 2.24) is 10.6 Å². The third kappa shape index (κ3) is 6.43. The highest BCUT2D eigenvalue weighted by Crippen LogP contribution is 2.14. The normalized spacial score (nSPS) is 11.2. The highest BCUT2D eigenvalue weighted by molar-refractivity contribution is 7.89. The average molecular weight is 381 g/mol. The Labute approximate surface area is 151 Å². The molecule has 7 nitrogen and oxygen atoms in total. The summed E-state index contributed by atoms with van der Waals surface area (Å²) in [5, 5.41) is 10.6. The largest absolute Gasteiger partial charge is 0.489 e. The van der Waals surface area contributed by atoms with E-state index in [1.165, 1.54) is 24.3 Å². The van der Waals surface area contributed by atoms with Crippen molar-refractivity contribution in [2.75, 3.05) is 19.7 Å². The molecule has 0 bridgehead atoms. The zero-order chi connectivity index (χ0) is 19.0. The fourth-order valence-electron chi connectivity index (χ4n) is 2.06. The van der Waals surface area contributed by atoms with E-state index < -0.39 is 15.8 Å². The summed E-state index contributed by atoms with van der Waals surface area (Å²) < 4.78 is 40.9. The van der Waals surface area contributed by atoms with Crippen LogP contribution >= 0.6 is 0 Å². The number of benzene rings is 2. The fraction of sp³-hybridized carbons (Fsp3) is 0.235. The van der Waals surface area contributed by atoms with Crippen molar-refractivity contribution in [2.24, 2.45) is 5.14 Å². The van der Waals surface area contributed by atoms with Gasteiger partial charge < -0.3 is 15.4 Å². The summed E-state index contributed by atoms with van der Waals surface area (Å²) >= 11 is 0. The molecular formula is C17H20FN3O4S. The highest BCUT2D eigenvalue weighted by Gasteiger charge is 2.07. The SMILES string of the molecule is NS(=O)(=O)c1ccc(CNC(=O)CNCCOc2ccccc2F)cc1. The van der Waals surface area contributed by atoms with Crippen LogP contribution in [0.25, 0.3) is 0 Å². The van der Waals surface area contributed by atoms with E-state index in [0.29, 0.717) is 6.54 Å². The van der Waals surface area contributed by atoms with E-state index in [0.717, 1.165) is 5.56 Å². The molecule has 0 radical (unpaired) electrons. The smallest absolute Gasteiger partial charge is 0.238 e. The van der Waals surface area contributed by atoms with Gasteiger partial charge in [-0.1, -0.05) is 24.3 Å². The van der Waals surface area contributed by atoms with E-state index in [1.54, 1.807) is 24.3 Å². The minimum atomic E-state index is -3.72. The molecular weight excluding hydrogens is 361 g/mol. The van der Waals surface area contributed by atoms with Crippen LogP contribution in [0.15, 0.2) is 53.4 Å². The summed E-state index contributed by atoms with van der Waals surface area (Å²) in [5.74, 6) is -0.494. The Morgan fingerprint density at radius 1 is 1.12 bits per heavy atom. The molecule has 26 heavy (non-hydrogen) atoms. The average Bonchev–Trinajstić information content (AvgIpc) is 2.61. The second kappa shape index (κ2) is 9.27. The molecule has 2 aromatic carbocycles. The van der Waals surface area contributed by atoms with Gasteiger partial charge in [0, 0.05) is 13.1 Å². The molecule has 2 rings (SSSR count). The van der Waals surface area contributed by atoms with Crippen LogP contribution in [0.3, 0.4) is 0 Å². The quantitative estimate of drug-likeness (QED) is 0.556. The summed E-state index contributed by atoms with van der Waals surface area (Å²) in [6.07, 6.45) is 0. The van der Waals surface area contributed by atoms with Gasteiger partial charge >= 0.3 is 0 Å². The maximum absolute atomic E-state index is 13.3. The van der Waals surface area contributed by atoms with E-state index in [-0.39, 0.29) is 36.2 Å². The number of nitrogens with one attached hydrogen (secondary N) is 2.